The zero-order valence-corrected chi connectivity index (χ0v) is 18.4. The summed E-state index contributed by atoms with van der Waals surface area (Å²) in [6, 6.07) is 12.8. The molecule has 164 valence electrons. The van der Waals surface area contributed by atoms with Crippen molar-refractivity contribution in [1.82, 2.24) is 8.96 Å². The van der Waals surface area contributed by atoms with Crippen LogP contribution in [0.4, 0.5) is 11.4 Å². The predicted molar refractivity (Wildman–Crippen MR) is 128 cm³/mol. The largest absolute Gasteiger partial charge is 0.490 e. The number of hydrogen-bond donors (Lipinski definition) is 3. The highest BCUT2D eigenvalue weighted by Gasteiger charge is 2.24. The normalized spacial score (nSPS) is 14.5. The minimum atomic E-state index is -1.57. The van der Waals surface area contributed by atoms with Gasteiger partial charge in [0.2, 0.25) is 0 Å². The van der Waals surface area contributed by atoms with E-state index in [-0.39, 0.29) is 5.56 Å². The van der Waals surface area contributed by atoms with E-state index in [1.807, 2.05) is 25.1 Å². The second kappa shape index (κ2) is 7.87. The number of nitrogens with one attached hydrogen (secondary N) is 1. The molecule has 7 nitrogen and oxygen atoms in total. The second-order valence-corrected chi connectivity index (χ2v) is 9.56. The molecular weight excluding hydrogens is 424 g/mol. The second-order valence-electron chi connectivity index (χ2n) is 8.20. The van der Waals surface area contributed by atoms with Gasteiger partial charge in [0.15, 0.2) is 16.7 Å². The summed E-state index contributed by atoms with van der Waals surface area (Å²) in [5.74, 6) is 1.05. The Labute approximate surface area is 187 Å². The number of aromatic amines is 1. The van der Waals surface area contributed by atoms with Gasteiger partial charge in [-0.25, -0.2) is 4.21 Å². The van der Waals surface area contributed by atoms with E-state index in [4.69, 9.17) is 16.2 Å². The number of benzene rings is 2. The van der Waals surface area contributed by atoms with Crippen LogP contribution in [0.3, 0.4) is 0 Å². The molecule has 1 aliphatic rings. The molecule has 1 unspecified atom stereocenters. The summed E-state index contributed by atoms with van der Waals surface area (Å²) in [4.78, 5) is 16.2. The first-order valence-electron chi connectivity index (χ1n) is 10.5. The van der Waals surface area contributed by atoms with Crippen molar-refractivity contribution in [2.45, 2.75) is 24.7 Å². The standard InChI is InChI=1S/C24H24N4O3S/c1-14-2-6-16(7-3-14)32(30)28-11-10-17-19(12-27-24(29)22(17)28)18-8-9-20(25)21(26)23(18)31-13-15-4-5-15/h2-3,6-12,15H,4-5,13,25-26H2,1H3,(H,27,29). The van der Waals surface area contributed by atoms with Crippen LogP contribution in [0.5, 0.6) is 5.75 Å². The van der Waals surface area contributed by atoms with Crippen molar-refractivity contribution in [3.63, 3.8) is 0 Å². The SMILES string of the molecule is Cc1ccc(S(=O)n2ccc3c(-c4ccc(N)c(N)c4OCC4CC4)c[nH]c(=O)c32)cc1. The molecule has 5 rings (SSSR count). The van der Waals surface area contributed by atoms with Gasteiger partial charge >= 0.3 is 0 Å². The van der Waals surface area contributed by atoms with Crippen LogP contribution in [0.2, 0.25) is 0 Å². The Morgan fingerprint density at radius 2 is 1.84 bits per heavy atom. The van der Waals surface area contributed by atoms with Crippen LogP contribution < -0.4 is 21.8 Å². The Balaban J connectivity index is 1.65. The third-order valence-corrected chi connectivity index (χ3v) is 7.12. The summed E-state index contributed by atoms with van der Waals surface area (Å²) in [7, 11) is -1.57. The Kier molecular flexibility index (Phi) is 5.01. The fourth-order valence-electron chi connectivity index (χ4n) is 3.74. The summed E-state index contributed by atoms with van der Waals surface area (Å²) in [6.45, 7) is 2.54. The van der Waals surface area contributed by atoms with Crippen molar-refractivity contribution in [2.75, 3.05) is 18.1 Å². The van der Waals surface area contributed by atoms with Crippen LogP contribution in [-0.4, -0.2) is 19.8 Å². The molecule has 8 heteroatoms. The lowest BCUT2D eigenvalue weighted by atomic mass is 10.0. The first kappa shape index (κ1) is 20.4. The number of anilines is 2. The maximum atomic E-state index is 13.2. The number of pyridine rings is 1. The molecule has 1 saturated carbocycles. The number of rotatable bonds is 6. The lowest BCUT2D eigenvalue weighted by molar-refractivity contribution is 0.302. The summed E-state index contributed by atoms with van der Waals surface area (Å²) >= 11 is 0. The van der Waals surface area contributed by atoms with Crippen molar-refractivity contribution in [3.05, 3.63) is 70.8 Å². The fraction of sp³-hybridized carbons (Fsp3) is 0.208. The molecule has 1 aliphatic carbocycles. The van der Waals surface area contributed by atoms with Gasteiger partial charge in [-0.15, -0.1) is 0 Å². The van der Waals surface area contributed by atoms with E-state index in [0.29, 0.717) is 45.4 Å². The Hall–Kier alpha value is -3.52. The van der Waals surface area contributed by atoms with Crippen molar-refractivity contribution in [3.8, 4) is 16.9 Å². The van der Waals surface area contributed by atoms with Crippen LogP contribution in [0.1, 0.15) is 18.4 Å². The number of aryl methyl sites for hydroxylation is 1. The van der Waals surface area contributed by atoms with Gasteiger partial charge in [0.05, 0.1) is 22.9 Å². The molecule has 1 atom stereocenters. The van der Waals surface area contributed by atoms with E-state index in [1.54, 1.807) is 36.7 Å². The third kappa shape index (κ3) is 3.56. The van der Waals surface area contributed by atoms with Crippen molar-refractivity contribution < 1.29 is 8.95 Å². The summed E-state index contributed by atoms with van der Waals surface area (Å²) in [6.07, 6.45) is 5.60. The Morgan fingerprint density at radius 3 is 2.56 bits per heavy atom. The molecule has 32 heavy (non-hydrogen) atoms. The van der Waals surface area contributed by atoms with Crippen LogP contribution in [0.15, 0.2) is 64.5 Å². The average molecular weight is 449 g/mol. The number of nitrogen functional groups attached to an aromatic ring is 2. The number of fused-ring (bicyclic) bond motifs is 1. The molecule has 0 spiro atoms. The first-order chi connectivity index (χ1) is 15.4. The monoisotopic (exact) mass is 448 g/mol. The molecule has 2 aromatic heterocycles. The van der Waals surface area contributed by atoms with Crippen LogP contribution in [-0.2, 0) is 11.0 Å². The number of aromatic nitrogens is 2. The van der Waals surface area contributed by atoms with Crippen LogP contribution in [0.25, 0.3) is 22.0 Å². The predicted octanol–water partition coefficient (Wildman–Crippen LogP) is 3.83. The van der Waals surface area contributed by atoms with Crippen molar-refractivity contribution >= 4 is 33.3 Å². The topological polar surface area (TPSA) is 116 Å². The quantitative estimate of drug-likeness (QED) is 0.388. The minimum Gasteiger partial charge on any atom is -0.490 e. The van der Waals surface area contributed by atoms with Gasteiger partial charge in [-0.3, -0.25) is 8.77 Å². The van der Waals surface area contributed by atoms with Gasteiger partial charge in [-0.2, -0.15) is 0 Å². The van der Waals surface area contributed by atoms with E-state index < -0.39 is 11.0 Å². The zero-order chi connectivity index (χ0) is 22.4. The van der Waals surface area contributed by atoms with E-state index in [1.165, 1.54) is 3.97 Å². The molecule has 0 saturated heterocycles. The molecule has 0 aliphatic heterocycles. The minimum absolute atomic E-state index is 0.321. The highest BCUT2D eigenvalue weighted by Crippen LogP contribution is 2.42. The Morgan fingerprint density at radius 1 is 1.09 bits per heavy atom. The average Bonchev–Trinajstić information content (AvgIpc) is 3.51. The molecule has 5 N–H and O–H groups in total. The van der Waals surface area contributed by atoms with Crippen molar-refractivity contribution in [1.29, 1.82) is 0 Å². The molecule has 4 aromatic rings. The van der Waals surface area contributed by atoms with E-state index >= 15 is 0 Å². The van der Waals surface area contributed by atoms with E-state index in [9.17, 15) is 9.00 Å². The summed E-state index contributed by atoms with van der Waals surface area (Å²) < 4.78 is 20.8. The molecular formula is C24H24N4O3S. The van der Waals surface area contributed by atoms with Crippen molar-refractivity contribution in [2.24, 2.45) is 5.92 Å². The molecule has 0 amide bonds. The summed E-state index contributed by atoms with van der Waals surface area (Å²) in [5, 5.41) is 0.662. The molecule has 2 heterocycles. The highest BCUT2D eigenvalue weighted by molar-refractivity contribution is 7.83. The number of H-pyrrole nitrogens is 1. The maximum absolute atomic E-state index is 13.2. The van der Waals surface area contributed by atoms with Crippen LogP contribution in [0, 0.1) is 12.8 Å². The van der Waals surface area contributed by atoms with Gasteiger partial charge in [0.1, 0.15) is 5.52 Å². The number of nitrogens with two attached hydrogens (primary N) is 2. The fourth-order valence-corrected chi connectivity index (χ4v) is 4.85. The van der Waals surface area contributed by atoms with E-state index in [0.717, 1.165) is 29.5 Å². The number of hydrogen-bond acceptors (Lipinski definition) is 5. The van der Waals surface area contributed by atoms with Gasteiger partial charge in [-0.05, 0) is 56.0 Å². The Bertz CT molecular complexity index is 1400. The highest BCUT2D eigenvalue weighted by atomic mass is 32.2. The number of ether oxygens (including phenoxy) is 1. The molecule has 1 fully saturated rings. The smallest absolute Gasteiger partial charge is 0.273 e. The number of nitrogens with zero attached hydrogens (tertiary/aromatic N) is 1. The molecule has 0 bridgehead atoms. The third-order valence-electron chi connectivity index (χ3n) is 5.79. The van der Waals surface area contributed by atoms with Gasteiger partial charge in [-0.1, -0.05) is 17.7 Å². The van der Waals surface area contributed by atoms with Gasteiger partial charge in [0, 0.05) is 28.9 Å². The van der Waals surface area contributed by atoms with E-state index in [2.05, 4.69) is 4.98 Å². The lowest BCUT2D eigenvalue weighted by Crippen LogP contribution is -2.13. The maximum Gasteiger partial charge on any atom is 0.273 e. The van der Waals surface area contributed by atoms with Crippen LogP contribution >= 0.6 is 0 Å². The summed E-state index contributed by atoms with van der Waals surface area (Å²) in [5.41, 5.74) is 15.7. The van der Waals surface area contributed by atoms with Gasteiger partial charge in [0.25, 0.3) is 5.56 Å². The lowest BCUT2D eigenvalue weighted by Gasteiger charge is -2.16. The zero-order valence-electron chi connectivity index (χ0n) is 17.6. The van der Waals surface area contributed by atoms with Gasteiger partial charge < -0.3 is 21.2 Å². The first-order valence-corrected chi connectivity index (χ1v) is 11.6. The molecule has 2 aromatic carbocycles. The molecule has 0 radical (unpaired) electrons.